The zero-order valence-electron chi connectivity index (χ0n) is 17.7. The summed E-state index contributed by atoms with van der Waals surface area (Å²) in [6.07, 6.45) is 1.73. The van der Waals surface area contributed by atoms with Crippen LogP contribution in [0.2, 0.25) is 10.0 Å². The highest BCUT2D eigenvalue weighted by Gasteiger charge is 2.32. The Kier molecular flexibility index (Phi) is 6.21. The van der Waals surface area contributed by atoms with E-state index in [-0.39, 0.29) is 5.91 Å². The number of aryl methyl sites for hydroxylation is 1. The molecule has 5 nitrogen and oxygen atoms in total. The molecule has 0 saturated carbocycles. The van der Waals surface area contributed by atoms with Crippen molar-refractivity contribution in [1.82, 2.24) is 0 Å². The van der Waals surface area contributed by atoms with Crippen LogP contribution >= 0.6 is 23.2 Å². The summed E-state index contributed by atoms with van der Waals surface area (Å²) in [5.41, 5.74) is 3.38. The lowest BCUT2D eigenvalue weighted by Crippen LogP contribution is -2.32. The molecule has 0 aromatic heterocycles. The predicted molar refractivity (Wildman–Crippen MR) is 129 cm³/mol. The molecule has 0 unspecified atom stereocenters. The lowest BCUT2D eigenvalue weighted by atomic mass is 10.1. The fraction of sp³-hybridized carbons (Fsp3) is 0.120. The van der Waals surface area contributed by atoms with Crippen molar-refractivity contribution in [3.8, 4) is 11.5 Å². The molecule has 0 N–H and O–H groups in total. The number of amidine groups is 1. The summed E-state index contributed by atoms with van der Waals surface area (Å²) >= 11 is 12.3. The molecule has 0 bridgehead atoms. The van der Waals surface area contributed by atoms with Gasteiger partial charge in [-0.1, -0.05) is 29.3 Å². The number of aliphatic imine (C=N–C) groups is 1. The van der Waals surface area contributed by atoms with E-state index in [2.05, 4.69) is 4.99 Å². The van der Waals surface area contributed by atoms with Crippen molar-refractivity contribution in [3.05, 3.63) is 93.1 Å². The first-order valence-electron chi connectivity index (χ1n) is 9.80. The molecule has 162 valence electrons. The predicted octanol–water partition coefficient (Wildman–Crippen LogP) is 6.15. The minimum atomic E-state index is -0.244. The average molecular weight is 467 g/mol. The van der Waals surface area contributed by atoms with Gasteiger partial charge in [0.05, 0.1) is 19.9 Å². The van der Waals surface area contributed by atoms with Gasteiger partial charge in [0.1, 0.15) is 11.5 Å². The van der Waals surface area contributed by atoms with E-state index < -0.39 is 0 Å². The normalized spacial score (nSPS) is 14.7. The van der Waals surface area contributed by atoms with Crippen LogP contribution in [0.15, 0.2) is 71.4 Å². The number of anilines is 1. The van der Waals surface area contributed by atoms with Crippen molar-refractivity contribution >= 4 is 46.7 Å². The van der Waals surface area contributed by atoms with Crippen molar-refractivity contribution in [2.75, 3.05) is 19.1 Å². The van der Waals surface area contributed by atoms with Crippen molar-refractivity contribution < 1.29 is 14.3 Å². The van der Waals surface area contributed by atoms with Gasteiger partial charge in [-0.2, -0.15) is 0 Å². The zero-order chi connectivity index (χ0) is 22.8. The molecule has 1 aliphatic heterocycles. The summed E-state index contributed by atoms with van der Waals surface area (Å²) in [6, 6.07) is 18.1. The molecule has 0 atom stereocenters. The second-order valence-electron chi connectivity index (χ2n) is 7.16. The van der Waals surface area contributed by atoms with Crippen LogP contribution in [0.1, 0.15) is 16.7 Å². The minimum Gasteiger partial charge on any atom is -0.493 e. The van der Waals surface area contributed by atoms with Crippen LogP contribution < -0.4 is 14.4 Å². The number of amides is 1. The maximum absolute atomic E-state index is 13.5. The maximum Gasteiger partial charge on any atom is 0.282 e. The number of hydrogen-bond acceptors (Lipinski definition) is 4. The summed E-state index contributed by atoms with van der Waals surface area (Å²) in [6.45, 7) is 1.89. The Balaban J connectivity index is 1.82. The molecule has 0 fully saturated rings. The lowest BCUT2D eigenvalue weighted by molar-refractivity contribution is -0.113. The highest BCUT2D eigenvalue weighted by Crippen LogP contribution is 2.32. The number of nitrogens with zero attached hydrogens (tertiary/aromatic N) is 2. The fourth-order valence-corrected chi connectivity index (χ4v) is 3.66. The van der Waals surface area contributed by atoms with Crippen molar-refractivity contribution in [2.45, 2.75) is 6.92 Å². The number of rotatable bonds is 5. The minimum absolute atomic E-state index is 0.244. The highest BCUT2D eigenvalue weighted by atomic mass is 35.5. The molecule has 1 amide bonds. The number of carbonyl (C=O) groups excluding carboxylic acids is 1. The van der Waals surface area contributed by atoms with Crippen molar-refractivity contribution in [3.63, 3.8) is 0 Å². The summed E-state index contributed by atoms with van der Waals surface area (Å²) in [4.78, 5) is 19.7. The van der Waals surface area contributed by atoms with Gasteiger partial charge >= 0.3 is 0 Å². The Bertz CT molecular complexity index is 1250. The molecule has 0 saturated heterocycles. The number of ether oxygens (including phenoxy) is 2. The van der Waals surface area contributed by atoms with E-state index in [0.717, 1.165) is 16.7 Å². The van der Waals surface area contributed by atoms with Gasteiger partial charge in [-0.3, -0.25) is 9.69 Å². The van der Waals surface area contributed by atoms with Crippen molar-refractivity contribution in [2.24, 2.45) is 4.99 Å². The highest BCUT2D eigenvalue weighted by molar-refractivity contribution is 6.34. The smallest absolute Gasteiger partial charge is 0.282 e. The molecule has 0 spiro atoms. The molecule has 4 rings (SSSR count). The summed E-state index contributed by atoms with van der Waals surface area (Å²) in [5, 5.41) is 1.24. The molecule has 1 heterocycles. The van der Waals surface area contributed by atoms with E-state index in [9.17, 15) is 4.79 Å². The van der Waals surface area contributed by atoms with E-state index in [1.54, 1.807) is 61.6 Å². The second-order valence-corrected chi connectivity index (χ2v) is 8.00. The van der Waals surface area contributed by atoms with Gasteiger partial charge in [-0.25, -0.2) is 4.99 Å². The van der Waals surface area contributed by atoms with Crippen LogP contribution in [0.3, 0.4) is 0 Å². The van der Waals surface area contributed by atoms with Crippen LogP contribution in [0.25, 0.3) is 6.08 Å². The molecular formula is C25H20Cl2N2O3. The van der Waals surface area contributed by atoms with Crippen LogP contribution in [-0.4, -0.2) is 26.0 Å². The van der Waals surface area contributed by atoms with E-state index >= 15 is 0 Å². The van der Waals surface area contributed by atoms with Crippen LogP contribution in [0.4, 0.5) is 5.69 Å². The Morgan fingerprint density at radius 3 is 2.28 bits per heavy atom. The fourth-order valence-electron chi connectivity index (χ4n) is 3.42. The summed E-state index contributed by atoms with van der Waals surface area (Å²) < 4.78 is 10.7. The topological polar surface area (TPSA) is 51.1 Å². The van der Waals surface area contributed by atoms with Gasteiger partial charge < -0.3 is 9.47 Å². The number of methoxy groups -OCH3 is 2. The number of benzene rings is 3. The van der Waals surface area contributed by atoms with Gasteiger partial charge in [-0.05, 0) is 78.7 Å². The van der Waals surface area contributed by atoms with Gasteiger partial charge in [0.2, 0.25) is 0 Å². The average Bonchev–Trinajstić information content (AvgIpc) is 3.12. The van der Waals surface area contributed by atoms with E-state index in [0.29, 0.717) is 38.8 Å². The van der Waals surface area contributed by atoms with E-state index in [1.807, 2.05) is 31.2 Å². The molecule has 0 aliphatic carbocycles. The largest absolute Gasteiger partial charge is 0.493 e. The third-order valence-corrected chi connectivity index (χ3v) is 5.75. The molecule has 32 heavy (non-hydrogen) atoms. The monoisotopic (exact) mass is 466 g/mol. The number of carbonyl (C=O) groups is 1. The van der Waals surface area contributed by atoms with E-state index in [4.69, 9.17) is 32.7 Å². The molecule has 3 aromatic carbocycles. The van der Waals surface area contributed by atoms with Crippen LogP contribution in [-0.2, 0) is 4.79 Å². The van der Waals surface area contributed by atoms with Gasteiger partial charge in [0.25, 0.3) is 5.91 Å². The number of hydrogen-bond donors (Lipinski definition) is 0. The molecule has 1 aliphatic rings. The SMILES string of the molecule is COc1ccc(C=C2N=C(c3ccc(Cl)cc3)N(c3ccc(Cl)c(C)c3)C2=O)cc1OC. The first-order chi connectivity index (χ1) is 15.4. The summed E-state index contributed by atoms with van der Waals surface area (Å²) in [5.74, 6) is 1.45. The quantitative estimate of drug-likeness (QED) is 0.423. The molecule has 0 radical (unpaired) electrons. The Hall–Kier alpha value is -3.28. The third-order valence-electron chi connectivity index (χ3n) is 5.07. The van der Waals surface area contributed by atoms with Crippen LogP contribution in [0.5, 0.6) is 11.5 Å². The van der Waals surface area contributed by atoms with Gasteiger partial charge in [0.15, 0.2) is 11.5 Å². The first-order valence-corrected chi connectivity index (χ1v) is 10.6. The van der Waals surface area contributed by atoms with Gasteiger partial charge in [0, 0.05) is 15.6 Å². The zero-order valence-corrected chi connectivity index (χ0v) is 19.2. The van der Waals surface area contributed by atoms with Crippen molar-refractivity contribution in [1.29, 1.82) is 0 Å². The lowest BCUT2D eigenvalue weighted by Gasteiger charge is -2.19. The maximum atomic E-state index is 13.5. The van der Waals surface area contributed by atoms with Crippen LogP contribution in [0, 0.1) is 6.92 Å². The Labute approximate surface area is 196 Å². The number of halogens is 2. The van der Waals surface area contributed by atoms with Gasteiger partial charge in [-0.15, -0.1) is 0 Å². The Morgan fingerprint density at radius 1 is 0.906 bits per heavy atom. The molecule has 3 aromatic rings. The van der Waals surface area contributed by atoms with E-state index in [1.165, 1.54) is 0 Å². The Morgan fingerprint density at radius 2 is 1.62 bits per heavy atom. The summed E-state index contributed by atoms with van der Waals surface area (Å²) in [7, 11) is 3.14. The third kappa shape index (κ3) is 4.22. The first kappa shape index (κ1) is 21.9. The molecule has 7 heteroatoms. The second kappa shape index (κ2) is 9.07. The standard InChI is InChI=1S/C25H20Cl2N2O3/c1-15-12-19(9-10-20(15)27)29-24(17-5-7-18(26)8-6-17)28-21(25(29)30)13-16-4-11-22(31-2)23(14-16)32-3/h4-14H,1-3H3. The molecular weight excluding hydrogens is 447 g/mol.